The van der Waals surface area contributed by atoms with Crippen molar-refractivity contribution in [2.24, 2.45) is 12.5 Å². The molecule has 144 valence electrons. The molecule has 6 nitrogen and oxygen atoms in total. The second kappa shape index (κ2) is 7.31. The first-order chi connectivity index (χ1) is 12.5. The van der Waals surface area contributed by atoms with Crippen LogP contribution in [-0.2, 0) is 18.3 Å². The van der Waals surface area contributed by atoms with E-state index in [-0.39, 0.29) is 0 Å². The van der Waals surface area contributed by atoms with Crippen molar-refractivity contribution >= 4 is 5.91 Å². The molecule has 1 atom stereocenters. The smallest absolute Gasteiger partial charge is 0.222 e. The highest BCUT2D eigenvalue weighted by Crippen LogP contribution is 2.41. The van der Waals surface area contributed by atoms with E-state index in [2.05, 4.69) is 33.0 Å². The number of piperidine rings is 2. The minimum Gasteiger partial charge on any atom is -0.338 e. The number of amides is 1. The van der Waals surface area contributed by atoms with E-state index in [1.807, 2.05) is 17.9 Å². The Morgan fingerprint density at radius 3 is 2.65 bits per heavy atom. The Morgan fingerprint density at radius 1 is 1.19 bits per heavy atom. The molecule has 3 saturated heterocycles. The number of hydrogen-bond acceptors (Lipinski definition) is 4. The summed E-state index contributed by atoms with van der Waals surface area (Å²) < 4.78 is 1.88. The average Bonchev–Trinajstić information content (AvgIpc) is 3.25. The van der Waals surface area contributed by atoms with E-state index in [1.54, 1.807) is 0 Å². The first-order valence-corrected chi connectivity index (χ1v) is 10.2. The highest BCUT2D eigenvalue weighted by atomic mass is 16.2. The number of likely N-dealkylation sites (N-methyl/N-ethyl adjacent to an activating group) is 1. The quantitative estimate of drug-likeness (QED) is 0.815. The van der Waals surface area contributed by atoms with Crippen LogP contribution >= 0.6 is 0 Å². The zero-order valence-electron chi connectivity index (χ0n) is 16.4. The van der Waals surface area contributed by atoms with Crippen LogP contribution in [0.4, 0.5) is 0 Å². The molecule has 0 bridgehead atoms. The summed E-state index contributed by atoms with van der Waals surface area (Å²) in [7, 11) is 4.15. The predicted octanol–water partition coefficient (Wildman–Crippen LogP) is 1.37. The summed E-state index contributed by atoms with van der Waals surface area (Å²) in [6.45, 7) is 6.65. The maximum atomic E-state index is 12.5. The third-order valence-corrected chi connectivity index (χ3v) is 6.89. The summed E-state index contributed by atoms with van der Waals surface area (Å²) in [4.78, 5) is 19.7. The van der Waals surface area contributed by atoms with Crippen LogP contribution in [0, 0.1) is 5.41 Å². The summed E-state index contributed by atoms with van der Waals surface area (Å²) in [5, 5.41) is 4.26. The Labute approximate surface area is 157 Å². The SMILES string of the molecule is CN1CCC(N2CC3(CCC2=O)CCN(CCc2cnn(C)c2)CC3)C1. The Kier molecular flexibility index (Phi) is 5.06. The van der Waals surface area contributed by atoms with E-state index in [0.29, 0.717) is 17.4 Å². The largest absolute Gasteiger partial charge is 0.338 e. The van der Waals surface area contributed by atoms with Crippen molar-refractivity contribution in [1.29, 1.82) is 0 Å². The van der Waals surface area contributed by atoms with E-state index in [4.69, 9.17) is 0 Å². The summed E-state index contributed by atoms with van der Waals surface area (Å²) in [5.41, 5.74) is 1.70. The number of nitrogens with zero attached hydrogens (tertiary/aromatic N) is 5. The molecule has 0 aliphatic carbocycles. The van der Waals surface area contributed by atoms with Crippen LogP contribution in [0.15, 0.2) is 12.4 Å². The molecule has 4 heterocycles. The monoisotopic (exact) mass is 359 g/mol. The Balaban J connectivity index is 1.30. The van der Waals surface area contributed by atoms with Crippen LogP contribution in [0.2, 0.25) is 0 Å². The van der Waals surface area contributed by atoms with Gasteiger partial charge in [-0.15, -0.1) is 0 Å². The number of rotatable bonds is 4. The van der Waals surface area contributed by atoms with Gasteiger partial charge in [-0.25, -0.2) is 0 Å². The fourth-order valence-electron chi connectivity index (χ4n) is 5.09. The number of carbonyl (C=O) groups is 1. The fourth-order valence-corrected chi connectivity index (χ4v) is 5.09. The van der Waals surface area contributed by atoms with Crippen LogP contribution in [0.5, 0.6) is 0 Å². The van der Waals surface area contributed by atoms with Gasteiger partial charge in [-0.1, -0.05) is 0 Å². The molecule has 1 aromatic heterocycles. The fraction of sp³-hybridized carbons (Fsp3) is 0.800. The van der Waals surface area contributed by atoms with Crippen molar-refractivity contribution in [3.63, 3.8) is 0 Å². The Bertz CT molecular complexity index is 634. The molecule has 0 aromatic carbocycles. The molecule has 3 aliphatic rings. The van der Waals surface area contributed by atoms with Gasteiger partial charge in [0.15, 0.2) is 0 Å². The van der Waals surface area contributed by atoms with Gasteiger partial charge in [0.05, 0.1) is 6.20 Å². The molecule has 26 heavy (non-hydrogen) atoms. The van der Waals surface area contributed by atoms with Gasteiger partial charge in [-0.05, 0) is 69.8 Å². The molecule has 1 unspecified atom stereocenters. The lowest BCUT2D eigenvalue weighted by Crippen LogP contribution is -2.55. The summed E-state index contributed by atoms with van der Waals surface area (Å²) in [6.07, 6.45) is 10.7. The van der Waals surface area contributed by atoms with Crippen molar-refractivity contribution < 1.29 is 4.79 Å². The summed E-state index contributed by atoms with van der Waals surface area (Å²) >= 11 is 0. The molecule has 3 aliphatic heterocycles. The molecule has 3 fully saturated rings. The molecular formula is C20H33N5O. The zero-order chi connectivity index (χ0) is 18.1. The van der Waals surface area contributed by atoms with Crippen LogP contribution in [0.1, 0.15) is 37.7 Å². The second-order valence-electron chi connectivity index (χ2n) is 8.84. The minimum atomic E-state index is 0.375. The molecule has 1 amide bonds. The highest BCUT2D eigenvalue weighted by molar-refractivity contribution is 5.77. The van der Waals surface area contributed by atoms with Crippen molar-refractivity contribution in [3.05, 3.63) is 18.0 Å². The number of carbonyl (C=O) groups excluding carboxylic acids is 1. The van der Waals surface area contributed by atoms with Gasteiger partial charge < -0.3 is 14.7 Å². The minimum absolute atomic E-state index is 0.375. The van der Waals surface area contributed by atoms with Crippen LogP contribution < -0.4 is 0 Å². The number of likely N-dealkylation sites (tertiary alicyclic amines) is 3. The second-order valence-corrected chi connectivity index (χ2v) is 8.84. The van der Waals surface area contributed by atoms with Gasteiger partial charge >= 0.3 is 0 Å². The third kappa shape index (κ3) is 3.81. The first kappa shape index (κ1) is 18.0. The molecule has 0 N–H and O–H groups in total. The van der Waals surface area contributed by atoms with Crippen LogP contribution in [-0.4, -0.2) is 82.7 Å². The average molecular weight is 360 g/mol. The lowest BCUT2D eigenvalue weighted by atomic mass is 9.72. The van der Waals surface area contributed by atoms with Crippen LogP contribution in [0.3, 0.4) is 0 Å². The number of aromatic nitrogens is 2. The predicted molar refractivity (Wildman–Crippen MR) is 102 cm³/mol. The van der Waals surface area contributed by atoms with E-state index < -0.39 is 0 Å². The maximum Gasteiger partial charge on any atom is 0.222 e. The molecule has 6 heteroatoms. The van der Waals surface area contributed by atoms with Gasteiger partial charge in [0, 0.05) is 45.3 Å². The van der Waals surface area contributed by atoms with Gasteiger partial charge in [-0.3, -0.25) is 9.48 Å². The first-order valence-electron chi connectivity index (χ1n) is 10.2. The number of aryl methyl sites for hydroxylation is 1. The lowest BCUT2D eigenvalue weighted by molar-refractivity contribution is -0.142. The van der Waals surface area contributed by atoms with Gasteiger partial charge in [-0.2, -0.15) is 5.10 Å². The molecule has 0 saturated carbocycles. The molecular weight excluding hydrogens is 326 g/mol. The molecule has 1 spiro atoms. The maximum absolute atomic E-state index is 12.5. The summed E-state index contributed by atoms with van der Waals surface area (Å²) in [5.74, 6) is 0.398. The van der Waals surface area contributed by atoms with Crippen molar-refractivity contribution in [1.82, 2.24) is 24.5 Å². The van der Waals surface area contributed by atoms with E-state index in [0.717, 1.165) is 51.9 Å². The normalized spacial score (nSPS) is 27.5. The number of hydrogen-bond donors (Lipinski definition) is 0. The highest BCUT2D eigenvalue weighted by Gasteiger charge is 2.43. The van der Waals surface area contributed by atoms with Gasteiger partial charge in [0.2, 0.25) is 5.91 Å². The van der Waals surface area contributed by atoms with E-state index >= 15 is 0 Å². The van der Waals surface area contributed by atoms with Crippen molar-refractivity contribution in [2.45, 2.75) is 44.6 Å². The Morgan fingerprint density at radius 2 is 2.00 bits per heavy atom. The van der Waals surface area contributed by atoms with E-state index in [1.165, 1.54) is 31.5 Å². The van der Waals surface area contributed by atoms with Gasteiger partial charge in [0.25, 0.3) is 0 Å². The van der Waals surface area contributed by atoms with Crippen molar-refractivity contribution in [3.8, 4) is 0 Å². The third-order valence-electron chi connectivity index (χ3n) is 6.89. The van der Waals surface area contributed by atoms with Crippen molar-refractivity contribution in [2.75, 3.05) is 46.3 Å². The molecule has 4 rings (SSSR count). The topological polar surface area (TPSA) is 44.6 Å². The van der Waals surface area contributed by atoms with E-state index in [9.17, 15) is 4.79 Å². The van der Waals surface area contributed by atoms with Gasteiger partial charge in [0.1, 0.15) is 0 Å². The molecule has 0 radical (unpaired) electrons. The molecule has 1 aromatic rings. The zero-order valence-corrected chi connectivity index (χ0v) is 16.4. The lowest BCUT2D eigenvalue weighted by Gasteiger charge is -2.49. The van der Waals surface area contributed by atoms with Crippen LogP contribution in [0.25, 0.3) is 0 Å². The Hall–Kier alpha value is -1.40. The standard InChI is InChI=1S/C20H33N5O/c1-22-9-5-18(15-22)25-16-20(6-3-19(25)26)7-11-24(12-8-20)10-4-17-13-21-23(2)14-17/h13-14,18H,3-12,15-16H2,1-2H3. The summed E-state index contributed by atoms with van der Waals surface area (Å²) in [6, 6.07) is 0.452.